The zero-order valence-electron chi connectivity index (χ0n) is 6.63. The van der Waals surface area contributed by atoms with Crippen molar-refractivity contribution in [3.8, 4) is 0 Å². The number of amides is 1. The van der Waals surface area contributed by atoms with Crippen LogP contribution in [0.25, 0.3) is 0 Å². The number of hydrogen-bond donors (Lipinski definition) is 0. The summed E-state index contributed by atoms with van der Waals surface area (Å²) in [5.41, 5.74) is 0. The van der Waals surface area contributed by atoms with Crippen LogP contribution in [0.15, 0.2) is 4.99 Å². The van der Waals surface area contributed by atoms with E-state index in [1.807, 2.05) is 13.8 Å². The predicted octanol–water partition coefficient (Wildman–Crippen LogP) is 1.87. The second kappa shape index (κ2) is 4.97. The van der Waals surface area contributed by atoms with Crippen LogP contribution in [0, 0.1) is 5.92 Å². The molecule has 0 N–H and O–H groups in total. The molecule has 0 aliphatic rings. The third-order valence-electron chi connectivity index (χ3n) is 0.746. The first-order chi connectivity index (χ1) is 4.66. The minimum atomic E-state index is -0.504. The van der Waals surface area contributed by atoms with Gasteiger partial charge in [0.15, 0.2) is 0 Å². The van der Waals surface area contributed by atoms with Gasteiger partial charge in [0.25, 0.3) is 0 Å². The number of rotatable bonds is 2. The largest absolute Gasteiger partial charge is 0.448 e. The predicted molar refractivity (Wildman–Crippen MR) is 40.4 cm³/mol. The second-order valence-electron chi connectivity index (χ2n) is 2.22. The molecule has 10 heavy (non-hydrogen) atoms. The van der Waals surface area contributed by atoms with E-state index in [-0.39, 0.29) is 0 Å². The van der Waals surface area contributed by atoms with Crippen LogP contribution in [0.1, 0.15) is 20.8 Å². The van der Waals surface area contributed by atoms with Gasteiger partial charge < -0.3 is 4.74 Å². The molecule has 0 aromatic rings. The Labute approximate surface area is 61.1 Å². The minimum absolute atomic E-state index is 0.296. The van der Waals surface area contributed by atoms with Crippen LogP contribution in [-0.2, 0) is 4.74 Å². The summed E-state index contributed by atoms with van der Waals surface area (Å²) in [7, 11) is 0. The third kappa shape index (κ3) is 5.28. The lowest BCUT2D eigenvalue weighted by Crippen LogP contribution is -1.99. The molecule has 0 aliphatic heterocycles. The molecule has 0 heterocycles. The Kier molecular flexibility index (Phi) is 4.54. The van der Waals surface area contributed by atoms with E-state index in [0.717, 1.165) is 0 Å². The second-order valence-corrected chi connectivity index (χ2v) is 2.22. The first-order valence-corrected chi connectivity index (χ1v) is 3.37. The normalized spacial score (nSPS) is 10.8. The zero-order valence-corrected chi connectivity index (χ0v) is 6.63. The first kappa shape index (κ1) is 9.14. The summed E-state index contributed by atoms with van der Waals surface area (Å²) in [5.74, 6) is 0.296. The Morgan fingerprint density at radius 1 is 1.70 bits per heavy atom. The summed E-state index contributed by atoms with van der Waals surface area (Å²) in [4.78, 5) is 14.1. The summed E-state index contributed by atoms with van der Waals surface area (Å²) in [6.07, 6.45) is 1.06. The molecule has 0 bridgehead atoms. The van der Waals surface area contributed by atoms with E-state index >= 15 is 0 Å². The van der Waals surface area contributed by atoms with E-state index < -0.39 is 6.09 Å². The van der Waals surface area contributed by atoms with Crippen LogP contribution in [0.2, 0.25) is 0 Å². The van der Waals surface area contributed by atoms with Gasteiger partial charge >= 0.3 is 6.09 Å². The first-order valence-electron chi connectivity index (χ1n) is 3.37. The fraction of sp³-hybridized carbons (Fsp3) is 0.714. The molecule has 0 atom stereocenters. The molecule has 0 fully saturated rings. The lowest BCUT2D eigenvalue weighted by atomic mass is 10.3. The highest BCUT2D eigenvalue weighted by Gasteiger charge is 1.94. The molecule has 0 aliphatic carbocycles. The Morgan fingerprint density at radius 3 is 2.70 bits per heavy atom. The highest BCUT2D eigenvalue weighted by atomic mass is 16.5. The van der Waals surface area contributed by atoms with Crippen molar-refractivity contribution < 1.29 is 9.53 Å². The lowest BCUT2D eigenvalue weighted by molar-refractivity contribution is 0.163. The van der Waals surface area contributed by atoms with E-state index in [1.165, 1.54) is 0 Å². The molecule has 58 valence electrons. The van der Waals surface area contributed by atoms with Gasteiger partial charge in [0.1, 0.15) is 0 Å². The molecule has 0 radical (unpaired) electrons. The molecular weight excluding hydrogens is 130 g/mol. The third-order valence-corrected chi connectivity index (χ3v) is 0.746. The number of hydrogen-bond acceptors (Lipinski definition) is 2. The molecule has 0 rings (SSSR count). The van der Waals surface area contributed by atoms with Crippen LogP contribution in [0.4, 0.5) is 4.79 Å². The van der Waals surface area contributed by atoms with Crippen molar-refractivity contribution in [2.24, 2.45) is 10.9 Å². The van der Waals surface area contributed by atoms with Crippen LogP contribution >= 0.6 is 0 Å². The maximum absolute atomic E-state index is 10.5. The number of carbonyl (C=O) groups is 1. The van der Waals surface area contributed by atoms with E-state index in [4.69, 9.17) is 0 Å². The standard InChI is InChI=1S/C7H13NO2/c1-4-10-7(9)8-5-6(2)3/h5-6H,4H2,1-3H3/b8-5+. The number of nitrogens with zero attached hydrogens (tertiary/aromatic N) is 1. The number of carbonyl (C=O) groups excluding carboxylic acids is 1. The summed E-state index contributed by atoms with van der Waals surface area (Å²) in [6.45, 7) is 6.03. The summed E-state index contributed by atoms with van der Waals surface area (Å²) < 4.78 is 4.56. The van der Waals surface area contributed by atoms with Gasteiger partial charge in [-0.05, 0) is 12.8 Å². The van der Waals surface area contributed by atoms with Gasteiger partial charge in [0.2, 0.25) is 0 Å². The molecule has 0 saturated heterocycles. The Bertz CT molecular complexity index is 130. The molecular formula is C7H13NO2. The van der Waals surface area contributed by atoms with Gasteiger partial charge in [-0.3, -0.25) is 0 Å². The number of aliphatic imine (C=N–C) groups is 1. The van der Waals surface area contributed by atoms with E-state index in [2.05, 4.69) is 9.73 Å². The van der Waals surface area contributed by atoms with Gasteiger partial charge in [-0.25, -0.2) is 4.79 Å². The average Bonchev–Trinajstić information content (AvgIpc) is 1.85. The van der Waals surface area contributed by atoms with Crippen molar-refractivity contribution in [3.63, 3.8) is 0 Å². The van der Waals surface area contributed by atoms with Gasteiger partial charge in [-0.2, -0.15) is 4.99 Å². The van der Waals surface area contributed by atoms with Gasteiger partial charge in [-0.1, -0.05) is 13.8 Å². The van der Waals surface area contributed by atoms with Crippen molar-refractivity contribution >= 4 is 12.3 Å². The van der Waals surface area contributed by atoms with Crippen molar-refractivity contribution in [1.29, 1.82) is 0 Å². The summed E-state index contributed by atoms with van der Waals surface area (Å²) in [6, 6.07) is 0. The Hall–Kier alpha value is -0.860. The highest BCUT2D eigenvalue weighted by Crippen LogP contribution is 1.87. The summed E-state index contributed by atoms with van der Waals surface area (Å²) >= 11 is 0. The molecule has 1 amide bonds. The Morgan fingerprint density at radius 2 is 2.30 bits per heavy atom. The molecule has 3 nitrogen and oxygen atoms in total. The minimum Gasteiger partial charge on any atom is -0.448 e. The van der Waals surface area contributed by atoms with Crippen LogP contribution < -0.4 is 0 Å². The van der Waals surface area contributed by atoms with Crippen LogP contribution in [-0.4, -0.2) is 18.9 Å². The fourth-order valence-electron chi connectivity index (χ4n) is 0.371. The SMILES string of the molecule is CCOC(=O)/N=C/C(C)C. The van der Waals surface area contributed by atoms with Gasteiger partial charge in [0.05, 0.1) is 6.61 Å². The quantitative estimate of drug-likeness (QED) is 0.553. The zero-order chi connectivity index (χ0) is 7.98. The van der Waals surface area contributed by atoms with Crippen molar-refractivity contribution in [2.75, 3.05) is 6.61 Å². The lowest BCUT2D eigenvalue weighted by Gasteiger charge is -1.94. The van der Waals surface area contributed by atoms with Crippen LogP contribution in [0.3, 0.4) is 0 Å². The van der Waals surface area contributed by atoms with Gasteiger partial charge in [0, 0.05) is 6.21 Å². The fourth-order valence-corrected chi connectivity index (χ4v) is 0.371. The summed E-state index contributed by atoms with van der Waals surface area (Å²) in [5, 5.41) is 0. The van der Waals surface area contributed by atoms with Crippen molar-refractivity contribution in [3.05, 3.63) is 0 Å². The average molecular weight is 143 g/mol. The monoisotopic (exact) mass is 143 g/mol. The molecule has 0 spiro atoms. The highest BCUT2D eigenvalue weighted by molar-refractivity contribution is 5.79. The smallest absolute Gasteiger partial charge is 0.433 e. The molecule has 3 heteroatoms. The molecule has 0 unspecified atom stereocenters. The molecule has 0 saturated carbocycles. The molecule has 0 aromatic heterocycles. The van der Waals surface area contributed by atoms with E-state index in [9.17, 15) is 4.79 Å². The van der Waals surface area contributed by atoms with E-state index in [0.29, 0.717) is 12.5 Å². The van der Waals surface area contributed by atoms with Crippen molar-refractivity contribution in [1.82, 2.24) is 0 Å². The number of ether oxygens (including phenoxy) is 1. The molecule has 0 aromatic carbocycles. The van der Waals surface area contributed by atoms with E-state index in [1.54, 1.807) is 13.1 Å². The topological polar surface area (TPSA) is 38.7 Å². The maximum atomic E-state index is 10.5. The Balaban J connectivity index is 3.56. The van der Waals surface area contributed by atoms with Gasteiger partial charge in [-0.15, -0.1) is 0 Å². The van der Waals surface area contributed by atoms with Crippen molar-refractivity contribution in [2.45, 2.75) is 20.8 Å². The van der Waals surface area contributed by atoms with Crippen LogP contribution in [0.5, 0.6) is 0 Å². The maximum Gasteiger partial charge on any atom is 0.433 e.